The largest absolute Gasteiger partial charge is 0.143 e. The highest BCUT2D eigenvalue weighted by Crippen LogP contribution is 2.49. The van der Waals surface area contributed by atoms with Crippen LogP contribution in [0.15, 0.2) is 157 Å². The fraction of sp³-hybridized carbons (Fsp3) is 0. The van der Waals surface area contributed by atoms with Crippen molar-refractivity contribution >= 4 is 85.2 Å². The maximum Gasteiger partial charge on any atom is 0.0362 e. The Balaban J connectivity index is 1.31. The smallest absolute Gasteiger partial charge is 0.0362 e. The zero-order chi connectivity index (χ0) is 30.2. The minimum Gasteiger partial charge on any atom is -0.143 e. The van der Waals surface area contributed by atoms with Gasteiger partial charge < -0.3 is 0 Å². The van der Waals surface area contributed by atoms with Crippen LogP contribution < -0.4 is 0 Å². The molecule has 0 aliphatic carbocycles. The fourth-order valence-electron chi connectivity index (χ4n) is 7.55. The third kappa shape index (κ3) is 3.78. The standard InChI is InChI=1S/C44H26S2/c1-2-12-28(13-3-1)38-26-45-40-25-37-41(24-36(38)40)46-39-23-11-22-35(44(37)39)43-33-19-8-6-17-31(33)42(32-18-7-9-20-34(32)43)30-21-10-15-27-14-4-5-16-29(27)30/h1-26H. The minimum absolute atomic E-state index is 1.27. The first kappa shape index (κ1) is 26.0. The molecule has 0 aliphatic heterocycles. The molecule has 8 aromatic carbocycles. The summed E-state index contributed by atoms with van der Waals surface area (Å²) in [6.45, 7) is 0. The third-order valence-electron chi connectivity index (χ3n) is 9.54. The second-order valence-corrected chi connectivity index (χ2v) is 14.0. The van der Waals surface area contributed by atoms with Crippen molar-refractivity contribution in [2.75, 3.05) is 0 Å². The van der Waals surface area contributed by atoms with Gasteiger partial charge in [0.1, 0.15) is 0 Å². The molecule has 2 heteroatoms. The molecule has 0 radical (unpaired) electrons. The first-order valence-electron chi connectivity index (χ1n) is 15.7. The Hall–Kier alpha value is -5.28. The second kappa shape index (κ2) is 10.1. The average Bonchev–Trinajstić information content (AvgIpc) is 3.70. The van der Waals surface area contributed by atoms with E-state index < -0.39 is 0 Å². The van der Waals surface area contributed by atoms with E-state index in [4.69, 9.17) is 0 Å². The van der Waals surface area contributed by atoms with Crippen molar-refractivity contribution in [3.05, 3.63) is 157 Å². The predicted molar refractivity (Wildman–Crippen MR) is 204 cm³/mol. The maximum absolute atomic E-state index is 2.44. The van der Waals surface area contributed by atoms with Gasteiger partial charge in [-0.05, 0) is 83.7 Å². The van der Waals surface area contributed by atoms with E-state index in [2.05, 4.69) is 157 Å². The van der Waals surface area contributed by atoms with Crippen LogP contribution in [0, 0.1) is 0 Å². The van der Waals surface area contributed by atoms with E-state index >= 15 is 0 Å². The molecule has 0 saturated carbocycles. The molecule has 46 heavy (non-hydrogen) atoms. The van der Waals surface area contributed by atoms with Crippen molar-refractivity contribution in [3.63, 3.8) is 0 Å². The molecular formula is C44H26S2. The van der Waals surface area contributed by atoms with Gasteiger partial charge in [0.15, 0.2) is 0 Å². The Labute approximate surface area is 274 Å². The van der Waals surface area contributed by atoms with Gasteiger partial charge in [-0.25, -0.2) is 0 Å². The van der Waals surface area contributed by atoms with E-state index in [1.165, 1.54) is 96.0 Å². The van der Waals surface area contributed by atoms with E-state index in [1.807, 2.05) is 22.7 Å². The lowest BCUT2D eigenvalue weighted by Gasteiger charge is -2.19. The van der Waals surface area contributed by atoms with Gasteiger partial charge in [0.25, 0.3) is 0 Å². The summed E-state index contributed by atoms with van der Waals surface area (Å²) < 4.78 is 4.01. The number of fused-ring (bicyclic) bond motifs is 7. The van der Waals surface area contributed by atoms with Gasteiger partial charge in [-0.15, -0.1) is 22.7 Å². The third-order valence-corrected chi connectivity index (χ3v) is 11.6. The van der Waals surface area contributed by atoms with Crippen LogP contribution in [0.2, 0.25) is 0 Å². The van der Waals surface area contributed by atoms with Crippen LogP contribution in [0.1, 0.15) is 0 Å². The van der Waals surface area contributed by atoms with Crippen molar-refractivity contribution in [2.45, 2.75) is 0 Å². The van der Waals surface area contributed by atoms with Crippen LogP contribution in [-0.4, -0.2) is 0 Å². The molecule has 2 heterocycles. The summed E-state index contributed by atoms with van der Waals surface area (Å²) in [5, 5.41) is 14.1. The second-order valence-electron chi connectivity index (χ2n) is 12.0. The van der Waals surface area contributed by atoms with Crippen molar-refractivity contribution in [1.82, 2.24) is 0 Å². The monoisotopic (exact) mass is 618 g/mol. The van der Waals surface area contributed by atoms with Gasteiger partial charge in [-0.2, -0.15) is 0 Å². The van der Waals surface area contributed by atoms with Gasteiger partial charge >= 0.3 is 0 Å². The molecule has 0 amide bonds. The van der Waals surface area contributed by atoms with Crippen LogP contribution in [0.25, 0.3) is 96.0 Å². The highest BCUT2D eigenvalue weighted by atomic mass is 32.1. The minimum atomic E-state index is 1.27. The van der Waals surface area contributed by atoms with E-state index in [9.17, 15) is 0 Å². The molecule has 0 spiro atoms. The molecule has 214 valence electrons. The van der Waals surface area contributed by atoms with E-state index in [0.29, 0.717) is 0 Å². The average molecular weight is 619 g/mol. The summed E-state index contributed by atoms with van der Waals surface area (Å²) in [7, 11) is 0. The molecule has 0 saturated heterocycles. The molecule has 0 unspecified atom stereocenters. The van der Waals surface area contributed by atoms with Crippen molar-refractivity contribution in [2.24, 2.45) is 0 Å². The van der Waals surface area contributed by atoms with Crippen molar-refractivity contribution in [3.8, 4) is 33.4 Å². The Morgan fingerprint density at radius 3 is 1.65 bits per heavy atom. The number of thiophene rings is 2. The molecule has 0 fully saturated rings. The highest BCUT2D eigenvalue weighted by molar-refractivity contribution is 7.26. The Kier molecular flexibility index (Phi) is 5.72. The highest BCUT2D eigenvalue weighted by Gasteiger charge is 2.21. The summed E-state index contributed by atoms with van der Waals surface area (Å²) in [6, 6.07) is 56.0. The number of rotatable bonds is 3. The SMILES string of the molecule is c1ccc(-c2csc3cc4c(cc23)sc2cccc(-c3c5ccccc5c(-c5cccc6ccccc56)c5ccccc35)c24)cc1. The number of benzene rings is 8. The molecule has 2 aromatic heterocycles. The van der Waals surface area contributed by atoms with E-state index in [-0.39, 0.29) is 0 Å². The van der Waals surface area contributed by atoms with E-state index in [1.54, 1.807) is 0 Å². The Bertz CT molecular complexity index is 2740. The lowest BCUT2D eigenvalue weighted by Crippen LogP contribution is -1.92. The van der Waals surface area contributed by atoms with Crippen LogP contribution in [0.4, 0.5) is 0 Å². The number of hydrogen-bond donors (Lipinski definition) is 0. The van der Waals surface area contributed by atoms with Crippen LogP contribution in [0.3, 0.4) is 0 Å². The molecule has 0 N–H and O–H groups in total. The molecule has 0 aliphatic rings. The maximum atomic E-state index is 2.44. The number of hydrogen-bond acceptors (Lipinski definition) is 2. The van der Waals surface area contributed by atoms with Gasteiger partial charge in [0.05, 0.1) is 0 Å². The summed E-state index contributed by atoms with van der Waals surface area (Å²) in [4.78, 5) is 0. The van der Waals surface area contributed by atoms with Crippen LogP contribution in [-0.2, 0) is 0 Å². The van der Waals surface area contributed by atoms with Gasteiger partial charge in [0.2, 0.25) is 0 Å². The van der Waals surface area contributed by atoms with Crippen LogP contribution in [0.5, 0.6) is 0 Å². The van der Waals surface area contributed by atoms with Crippen molar-refractivity contribution in [1.29, 1.82) is 0 Å². The van der Waals surface area contributed by atoms with Gasteiger partial charge in [0, 0.05) is 35.8 Å². The molecule has 0 nitrogen and oxygen atoms in total. The zero-order valence-electron chi connectivity index (χ0n) is 24.8. The predicted octanol–water partition coefficient (Wildman–Crippen LogP) is 13.7. The first-order chi connectivity index (χ1) is 22.8. The fourth-order valence-corrected chi connectivity index (χ4v) is 9.69. The van der Waals surface area contributed by atoms with Gasteiger partial charge in [-0.1, -0.05) is 133 Å². The summed E-state index contributed by atoms with van der Waals surface area (Å²) >= 11 is 3.76. The first-order valence-corrected chi connectivity index (χ1v) is 17.4. The lowest BCUT2D eigenvalue weighted by atomic mass is 9.84. The molecular weight excluding hydrogens is 593 g/mol. The summed E-state index contributed by atoms with van der Waals surface area (Å²) in [5.41, 5.74) is 7.81. The van der Waals surface area contributed by atoms with E-state index in [0.717, 1.165) is 0 Å². The quantitative estimate of drug-likeness (QED) is 0.173. The Morgan fingerprint density at radius 2 is 0.913 bits per heavy atom. The zero-order valence-corrected chi connectivity index (χ0v) is 26.5. The summed E-state index contributed by atoms with van der Waals surface area (Å²) in [5.74, 6) is 0. The van der Waals surface area contributed by atoms with Crippen molar-refractivity contribution < 1.29 is 0 Å². The van der Waals surface area contributed by atoms with Crippen LogP contribution >= 0.6 is 22.7 Å². The Morgan fingerprint density at radius 1 is 0.348 bits per heavy atom. The lowest BCUT2D eigenvalue weighted by molar-refractivity contribution is 1.69. The van der Waals surface area contributed by atoms with Gasteiger partial charge in [-0.3, -0.25) is 0 Å². The molecule has 0 atom stereocenters. The molecule has 10 aromatic rings. The normalized spacial score (nSPS) is 11.9. The molecule has 10 rings (SSSR count). The topological polar surface area (TPSA) is 0 Å². The molecule has 0 bridgehead atoms. The summed E-state index contributed by atoms with van der Waals surface area (Å²) in [6.07, 6.45) is 0.